The summed E-state index contributed by atoms with van der Waals surface area (Å²) >= 11 is 5.22. The van der Waals surface area contributed by atoms with Crippen molar-refractivity contribution in [2.24, 2.45) is 0 Å². The molecule has 2 nitrogen and oxygen atoms in total. The van der Waals surface area contributed by atoms with Gasteiger partial charge in [0.1, 0.15) is 12.4 Å². The van der Waals surface area contributed by atoms with Gasteiger partial charge in [-0.3, -0.25) is 0 Å². The van der Waals surface area contributed by atoms with Crippen LogP contribution in [0.3, 0.4) is 0 Å². The van der Waals surface area contributed by atoms with Crippen molar-refractivity contribution in [1.29, 1.82) is 0 Å². The predicted molar refractivity (Wildman–Crippen MR) is 93.2 cm³/mol. The largest absolute Gasteiger partial charge is 0.492 e. The second-order valence-electron chi connectivity index (χ2n) is 4.73. The van der Waals surface area contributed by atoms with Crippen LogP contribution in [0, 0.1) is 0 Å². The molecule has 0 aliphatic carbocycles. The van der Waals surface area contributed by atoms with Crippen LogP contribution in [0.2, 0.25) is 0 Å². The highest BCUT2D eigenvalue weighted by Crippen LogP contribution is 2.25. The lowest BCUT2D eigenvalue weighted by molar-refractivity contribution is 0.317. The minimum atomic E-state index is 0.667. The van der Waals surface area contributed by atoms with Crippen LogP contribution >= 0.6 is 27.3 Å². The summed E-state index contributed by atoms with van der Waals surface area (Å²) in [6.45, 7) is 2.38. The summed E-state index contributed by atoms with van der Waals surface area (Å²) in [7, 11) is 0. The molecular weight excluding hydrogens is 346 g/mol. The topological polar surface area (TPSA) is 21.3 Å². The first-order valence-corrected chi connectivity index (χ1v) is 8.54. The third kappa shape index (κ3) is 3.84. The first-order chi connectivity index (χ1) is 10.3. The maximum Gasteiger partial charge on any atom is 0.127 e. The van der Waals surface area contributed by atoms with Gasteiger partial charge in [0, 0.05) is 33.2 Å². The van der Waals surface area contributed by atoms with Gasteiger partial charge in [0.05, 0.1) is 0 Å². The zero-order valence-corrected chi connectivity index (χ0v) is 13.9. The number of hydrogen-bond donors (Lipinski definition) is 1. The fourth-order valence-electron chi connectivity index (χ4n) is 2.21. The minimum absolute atomic E-state index is 0.667. The van der Waals surface area contributed by atoms with E-state index in [2.05, 4.69) is 50.9 Å². The van der Waals surface area contributed by atoms with Crippen LogP contribution in [0.4, 0.5) is 0 Å². The Morgan fingerprint density at radius 3 is 2.81 bits per heavy atom. The highest BCUT2D eigenvalue weighted by Gasteiger charge is 2.01. The van der Waals surface area contributed by atoms with Crippen molar-refractivity contribution in [1.82, 2.24) is 5.32 Å². The van der Waals surface area contributed by atoms with Crippen molar-refractivity contribution in [3.63, 3.8) is 0 Å². The van der Waals surface area contributed by atoms with Gasteiger partial charge in [0.2, 0.25) is 0 Å². The second kappa shape index (κ2) is 7.07. The number of ether oxygens (including phenoxy) is 1. The number of halogens is 1. The zero-order valence-electron chi connectivity index (χ0n) is 11.5. The lowest BCUT2D eigenvalue weighted by atomic mass is 10.1. The molecule has 1 aromatic heterocycles. The molecule has 3 rings (SSSR count). The minimum Gasteiger partial charge on any atom is -0.492 e. The Morgan fingerprint density at radius 2 is 1.95 bits per heavy atom. The highest BCUT2D eigenvalue weighted by molar-refractivity contribution is 9.10. The van der Waals surface area contributed by atoms with Crippen molar-refractivity contribution in [3.8, 4) is 5.75 Å². The van der Waals surface area contributed by atoms with Gasteiger partial charge < -0.3 is 10.1 Å². The van der Waals surface area contributed by atoms with Crippen LogP contribution in [-0.2, 0) is 6.54 Å². The smallest absolute Gasteiger partial charge is 0.127 e. The number of fused-ring (bicyclic) bond motifs is 1. The van der Waals surface area contributed by atoms with Gasteiger partial charge in [-0.2, -0.15) is 0 Å². The molecule has 0 saturated heterocycles. The van der Waals surface area contributed by atoms with Crippen LogP contribution < -0.4 is 10.1 Å². The van der Waals surface area contributed by atoms with E-state index in [9.17, 15) is 0 Å². The molecule has 108 valence electrons. The fraction of sp³-hybridized carbons (Fsp3) is 0.176. The van der Waals surface area contributed by atoms with Crippen molar-refractivity contribution >= 4 is 38.0 Å². The summed E-state index contributed by atoms with van der Waals surface area (Å²) in [5, 5.41) is 7.88. The third-order valence-electron chi connectivity index (χ3n) is 3.21. The Labute approximate surface area is 136 Å². The first kappa shape index (κ1) is 14.6. The number of nitrogens with one attached hydrogen (secondary N) is 1. The molecular formula is C17H16BrNOS. The number of thiophene rings is 1. The van der Waals surface area contributed by atoms with Crippen molar-refractivity contribution in [2.45, 2.75) is 6.54 Å². The summed E-state index contributed by atoms with van der Waals surface area (Å²) in [4.78, 5) is 1.33. The summed E-state index contributed by atoms with van der Waals surface area (Å²) in [6, 6.07) is 16.6. The molecule has 0 unspecified atom stereocenters. The van der Waals surface area contributed by atoms with E-state index < -0.39 is 0 Å². The Bertz CT molecular complexity index is 720. The van der Waals surface area contributed by atoms with E-state index in [1.807, 2.05) is 24.3 Å². The van der Waals surface area contributed by atoms with Crippen molar-refractivity contribution < 1.29 is 4.74 Å². The average molecular weight is 362 g/mol. The molecule has 4 heteroatoms. The van der Waals surface area contributed by atoms with E-state index in [-0.39, 0.29) is 0 Å². The predicted octanol–water partition coefficient (Wildman–Crippen LogP) is 4.83. The van der Waals surface area contributed by atoms with Crippen LogP contribution in [0.5, 0.6) is 5.75 Å². The molecule has 0 saturated carbocycles. The van der Waals surface area contributed by atoms with Gasteiger partial charge in [-0.15, -0.1) is 11.3 Å². The molecule has 0 radical (unpaired) electrons. The lowest BCUT2D eigenvalue weighted by Gasteiger charge is -2.09. The van der Waals surface area contributed by atoms with Crippen LogP contribution in [0.1, 0.15) is 4.88 Å². The third-order valence-corrected chi connectivity index (χ3v) is 4.90. The monoisotopic (exact) mass is 361 g/mol. The van der Waals surface area contributed by atoms with E-state index in [4.69, 9.17) is 4.74 Å². The molecule has 2 aromatic carbocycles. The Morgan fingerprint density at radius 1 is 1.10 bits per heavy atom. The van der Waals surface area contributed by atoms with Crippen LogP contribution in [0.25, 0.3) is 10.8 Å². The van der Waals surface area contributed by atoms with Crippen LogP contribution in [0.15, 0.2) is 58.4 Å². The van der Waals surface area contributed by atoms with Gasteiger partial charge in [0.25, 0.3) is 0 Å². The normalized spacial score (nSPS) is 10.9. The van der Waals surface area contributed by atoms with E-state index in [1.165, 1.54) is 15.6 Å². The van der Waals surface area contributed by atoms with Crippen molar-refractivity contribution in [3.05, 3.63) is 63.3 Å². The molecule has 0 aliphatic rings. The highest BCUT2D eigenvalue weighted by atomic mass is 79.9. The van der Waals surface area contributed by atoms with E-state index in [1.54, 1.807) is 11.3 Å². The molecule has 3 aromatic rings. The summed E-state index contributed by atoms with van der Waals surface area (Å²) < 4.78 is 7.04. The lowest BCUT2D eigenvalue weighted by Crippen LogP contribution is -2.20. The van der Waals surface area contributed by atoms with Gasteiger partial charge in [-0.25, -0.2) is 0 Å². The standard InChI is InChI=1S/C17H16BrNOS/c18-14-10-15(21-12-14)11-19-8-9-20-17-7-3-5-13-4-1-2-6-16(13)17/h1-7,10,12,19H,8-9,11H2. The Kier molecular flexibility index (Phi) is 4.91. The van der Waals surface area contributed by atoms with Gasteiger partial charge in [-0.05, 0) is 33.4 Å². The van der Waals surface area contributed by atoms with Gasteiger partial charge in [-0.1, -0.05) is 36.4 Å². The molecule has 21 heavy (non-hydrogen) atoms. The quantitative estimate of drug-likeness (QED) is 0.634. The maximum absolute atomic E-state index is 5.89. The molecule has 0 bridgehead atoms. The maximum atomic E-state index is 5.89. The average Bonchev–Trinajstić information content (AvgIpc) is 2.92. The molecule has 0 atom stereocenters. The zero-order chi connectivity index (χ0) is 14.5. The molecule has 0 aliphatic heterocycles. The number of benzene rings is 2. The summed E-state index contributed by atoms with van der Waals surface area (Å²) in [5.74, 6) is 0.953. The number of rotatable bonds is 6. The SMILES string of the molecule is Brc1csc(CNCCOc2cccc3ccccc23)c1. The molecule has 1 heterocycles. The second-order valence-corrected chi connectivity index (χ2v) is 6.65. The molecule has 0 spiro atoms. The van der Waals surface area contributed by atoms with E-state index in [0.717, 1.165) is 23.3 Å². The fourth-order valence-corrected chi connectivity index (χ4v) is 3.63. The van der Waals surface area contributed by atoms with E-state index >= 15 is 0 Å². The molecule has 1 N–H and O–H groups in total. The van der Waals surface area contributed by atoms with Gasteiger partial charge in [0.15, 0.2) is 0 Å². The number of hydrogen-bond acceptors (Lipinski definition) is 3. The summed E-state index contributed by atoms with van der Waals surface area (Å²) in [5.41, 5.74) is 0. The molecule has 0 amide bonds. The first-order valence-electron chi connectivity index (χ1n) is 6.87. The van der Waals surface area contributed by atoms with Gasteiger partial charge >= 0.3 is 0 Å². The Hall–Kier alpha value is -1.36. The van der Waals surface area contributed by atoms with E-state index in [0.29, 0.717) is 6.61 Å². The van der Waals surface area contributed by atoms with Crippen LogP contribution in [-0.4, -0.2) is 13.2 Å². The summed E-state index contributed by atoms with van der Waals surface area (Å²) in [6.07, 6.45) is 0. The molecule has 0 fully saturated rings. The van der Waals surface area contributed by atoms with Crippen molar-refractivity contribution in [2.75, 3.05) is 13.2 Å². The Balaban J connectivity index is 1.50.